The van der Waals surface area contributed by atoms with E-state index in [-0.39, 0.29) is 24.1 Å². The van der Waals surface area contributed by atoms with Crippen LogP contribution in [-0.4, -0.2) is 42.2 Å². The van der Waals surface area contributed by atoms with E-state index in [1.165, 1.54) is 11.3 Å². The van der Waals surface area contributed by atoms with E-state index < -0.39 is 0 Å². The molecule has 9 heteroatoms. The third-order valence-electron chi connectivity index (χ3n) is 5.63. The molecule has 1 aromatic carbocycles. The van der Waals surface area contributed by atoms with Crippen LogP contribution in [0.25, 0.3) is 10.2 Å². The standard InChI is InChI=1S/C23H25N5O3S/c1-12(2)31-15-4-5-16(13(3)10-15)28-17-7-9-25-22-18(17)19(27-23(28)30)20(32-22)21(29)26-14-6-8-24-11-14/h4-5,7,9-10,12,14,24H,6,8,11H2,1-3H3,(H,26,29)(H,27,30). The molecule has 8 nitrogen and oxygen atoms in total. The van der Waals surface area contributed by atoms with Crippen molar-refractivity contribution in [3.8, 4) is 5.75 Å². The molecule has 1 unspecified atom stereocenters. The van der Waals surface area contributed by atoms with Crippen LogP contribution < -0.4 is 25.6 Å². The number of thiophene rings is 1. The monoisotopic (exact) mass is 451 g/mol. The second-order valence-electron chi connectivity index (χ2n) is 8.36. The van der Waals surface area contributed by atoms with Gasteiger partial charge in [0.15, 0.2) is 0 Å². The molecular formula is C23H25N5O3S. The number of hydrogen-bond donors (Lipinski definition) is 3. The van der Waals surface area contributed by atoms with Gasteiger partial charge in [-0.15, -0.1) is 11.3 Å². The van der Waals surface area contributed by atoms with E-state index in [0.29, 0.717) is 16.3 Å². The minimum atomic E-state index is -0.305. The number of nitrogens with one attached hydrogen (secondary N) is 3. The molecule has 2 aromatic heterocycles. The summed E-state index contributed by atoms with van der Waals surface area (Å²) in [5, 5.41) is 10.0. The summed E-state index contributed by atoms with van der Waals surface area (Å²) in [6.07, 6.45) is 2.64. The molecule has 0 saturated carbocycles. The number of amides is 3. The van der Waals surface area contributed by atoms with Gasteiger partial charge in [0, 0.05) is 18.8 Å². The van der Waals surface area contributed by atoms with Gasteiger partial charge in [0.2, 0.25) is 0 Å². The number of ether oxygens (including phenoxy) is 1. The number of carbonyl (C=O) groups excluding carboxylic acids is 2. The van der Waals surface area contributed by atoms with Crippen LogP contribution in [0, 0.1) is 6.92 Å². The van der Waals surface area contributed by atoms with Crippen LogP contribution >= 0.6 is 11.3 Å². The van der Waals surface area contributed by atoms with E-state index in [9.17, 15) is 9.59 Å². The number of carbonyl (C=O) groups is 2. The maximum Gasteiger partial charge on any atom is 0.331 e. The molecule has 0 bridgehead atoms. The van der Waals surface area contributed by atoms with Gasteiger partial charge in [-0.2, -0.15) is 0 Å². The number of aromatic nitrogens is 1. The molecule has 0 radical (unpaired) electrons. The normalized spacial score (nSPS) is 17.7. The molecule has 3 aromatic rings. The van der Waals surface area contributed by atoms with Gasteiger partial charge in [0.1, 0.15) is 15.5 Å². The Kier molecular flexibility index (Phi) is 5.22. The molecule has 4 heterocycles. The Labute approximate surface area is 190 Å². The van der Waals surface area contributed by atoms with Crippen molar-refractivity contribution in [2.45, 2.75) is 39.3 Å². The molecule has 32 heavy (non-hydrogen) atoms. The van der Waals surface area contributed by atoms with Crippen molar-refractivity contribution >= 4 is 50.6 Å². The van der Waals surface area contributed by atoms with Crippen molar-refractivity contribution in [1.82, 2.24) is 15.6 Å². The van der Waals surface area contributed by atoms with Gasteiger partial charge in [0.05, 0.1) is 28.6 Å². The molecule has 0 aliphatic carbocycles. The maximum atomic E-state index is 13.3. The van der Waals surface area contributed by atoms with Crippen molar-refractivity contribution < 1.29 is 14.3 Å². The molecule has 2 aliphatic heterocycles. The predicted octanol–water partition coefficient (Wildman–Crippen LogP) is 4.17. The largest absolute Gasteiger partial charge is 0.491 e. The fourth-order valence-electron chi connectivity index (χ4n) is 4.24. The van der Waals surface area contributed by atoms with Crippen LogP contribution in [0.5, 0.6) is 5.75 Å². The van der Waals surface area contributed by atoms with Crippen LogP contribution in [0.3, 0.4) is 0 Å². The number of anilines is 3. The molecule has 1 saturated heterocycles. The van der Waals surface area contributed by atoms with Crippen LogP contribution in [0.1, 0.15) is 35.5 Å². The molecule has 2 aliphatic rings. The van der Waals surface area contributed by atoms with Gasteiger partial charge in [-0.3, -0.25) is 9.69 Å². The third-order valence-corrected chi connectivity index (χ3v) is 6.73. The van der Waals surface area contributed by atoms with E-state index >= 15 is 0 Å². The number of pyridine rings is 1. The highest BCUT2D eigenvalue weighted by molar-refractivity contribution is 7.21. The number of benzene rings is 1. The average Bonchev–Trinajstić information content (AvgIpc) is 3.37. The van der Waals surface area contributed by atoms with Gasteiger partial charge in [-0.25, -0.2) is 9.78 Å². The predicted molar refractivity (Wildman–Crippen MR) is 126 cm³/mol. The SMILES string of the molecule is Cc1cc(OC(C)C)ccc1N1C(=O)Nc2c(C(=O)NC3CCNC3)sc3nccc1c23. The number of nitrogens with zero attached hydrogens (tertiary/aromatic N) is 2. The first-order chi connectivity index (χ1) is 15.4. The minimum Gasteiger partial charge on any atom is -0.491 e. The van der Waals surface area contributed by atoms with E-state index in [4.69, 9.17) is 4.74 Å². The summed E-state index contributed by atoms with van der Waals surface area (Å²) in [5.41, 5.74) is 2.92. The van der Waals surface area contributed by atoms with E-state index in [1.54, 1.807) is 11.1 Å². The lowest BCUT2D eigenvalue weighted by atomic mass is 10.1. The van der Waals surface area contributed by atoms with Crippen LogP contribution in [-0.2, 0) is 0 Å². The van der Waals surface area contributed by atoms with Crippen molar-refractivity contribution in [2.75, 3.05) is 23.3 Å². The molecule has 3 N–H and O–H groups in total. The highest BCUT2D eigenvalue weighted by Crippen LogP contribution is 2.46. The fraction of sp³-hybridized carbons (Fsp3) is 0.348. The summed E-state index contributed by atoms with van der Waals surface area (Å²) >= 11 is 1.30. The zero-order valence-electron chi connectivity index (χ0n) is 18.2. The number of hydrogen-bond acceptors (Lipinski definition) is 6. The second-order valence-corrected chi connectivity index (χ2v) is 9.36. The van der Waals surface area contributed by atoms with Gasteiger partial charge < -0.3 is 20.7 Å². The number of aryl methyl sites for hydroxylation is 1. The summed E-state index contributed by atoms with van der Waals surface area (Å²) in [4.78, 5) is 33.6. The highest BCUT2D eigenvalue weighted by Gasteiger charge is 2.33. The van der Waals surface area contributed by atoms with Gasteiger partial charge in [0.25, 0.3) is 5.91 Å². The Balaban J connectivity index is 1.55. The zero-order valence-corrected chi connectivity index (χ0v) is 19.0. The lowest BCUT2D eigenvalue weighted by Gasteiger charge is -2.29. The van der Waals surface area contributed by atoms with Crippen LogP contribution in [0.15, 0.2) is 30.5 Å². The van der Waals surface area contributed by atoms with Crippen molar-refractivity contribution in [3.05, 3.63) is 40.9 Å². The summed E-state index contributed by atoms with van der Waals surface area (Å²) in [7, 11) is 0. The number of urea groups is 1. The Morgan fingerprint density at radius 2 is 2.16 bits per heavy atom. The quantitative estimate of drug-likeness (QED) is 0.541. The summed E-state index contributed by atoms with van der Waals surface area (Å²) in [6, 6.07) is 7.29. The summed E-state index contributed by atoms with van der Waals surface area (Å²) in [5.74, 6) is 0.581. The molecular weight excluding hydrogens is 426 g/mol. The van der Waals surface area contributed by atoms with Crippen molar-refractivity contribution in [3.63, 3.8) is 0 Å². The highest BCUT2D eigenvalue weighted by atomic mass is 32.1. The minimum absolute atomic E-state index is 0.0660. The fourth-order valence-corrected chi connectivity index (χ4v) is 5.26. The summed E-state index contributed by atoms with van der Waals surface area (Å²) in [6.45, 7) is 7.55. The molecule has 1 atom stereocenters. The first kappa shape index (κ1) is 20.7. The Morgan fingerprint density at radius 1 is 1.31 bits per heavy atom. The van der Waals surface area contributed by atoms with Crippen LogP contribution in [0.4, 0.5) is 21.9 Å². The first-order valence-corrected chi connectivity index (χ1v) is 11.6. The molecule has 3 amide bonds. The third kappa shape index (κ3) is 3.57. The van der Waals surface area contributed by atoms with Gasteiger partial charge in [-0.1, -0.05) is 0 Å². The smallest absolute Gasteiger partial charge is 0.331 e. The van der Waals surface area contributed by atoms with E-state index in [2.05, 4.69) is 20.9 Å². The Bertz CT molecular complexity index is 1220. The second kappa shape index (κ2) is 8.07. The Morgan fingerprint density at radius 3 is 2.88 bits per heavy atom. The van der Waals surface area contributed by atoms with Gasteiger partial charge in [-0.05, 0) is 63.6 Å². The topological polar surface area (TPSA) is 95.6 Å². The average molecular weight is 452 g/mol. The van der Waals surface area contributed by atoms with Crippen molar-refractivity contribution in [2.24, 2.45) is 0 Å². The van der Waals surface area contributed by atoms with Crippen molar-refractivity contribution in [1.29, 1.82) is 0 Å². The molecule has 1 fully saturated rings. The van der Waals surface area contributed by atoms with Crippen LogP contribution in [0.2, 0.25) is 0 Å². The number of rotatable bonds is 5. The van der Waals surface area contributed by atoms with E-state index in [0.717, 1.165) is 46.7 Å². The first-order valence-electron chi connectivity index (χ1n) is 10.7. The summed E-state index contributed by atoms with van der Waals surface area (Å²) < 4.78 is 5.79. The maximum absolute atomic E-state index is 13.3. The Hall–Kier alpha value is -3.17. The van der Waals surface area contributed by atoms with E-state index in [1.807, 2.05) is 45.0 Å². The molecule has 5 rings (SSSR count). The lowest BCUT2D eigenvalue weighted by molar-refractivity contribution is 0.0945. The zero-order chi connectivity index (χ0) is 22.4. The van der Waals surface area contributed by atoms with Gasteiger partial charge >= 0.3 is 6.03 Å². The lowest BCUT2D eigenvalue weighted by Crippen LogP contribution is -2.37. The molecule has 166 valence electrons. The molecule has 0 spiro atoms.